The van der Waals surface area contributed by atoms with E-state index in [9.17, 15) is 0 Å². The average Bonchev–Trinajstić information content (AvgIpc) is 2.27. The summed E-state index contributed by atoms with van der Waals surface area (Å²) in [5.41, 5.74) is 8.70. The van der Waals surface area contributed by atoms with E-state index in [1.165, 1.54) is 15.6 Å². The van der Waals surface area contributed by atoms with E-state index in [4.69, 9.17) is 5.73 Å². The van der Waals surface area contributed by atoms with Crippen molar-refractivity contribution in [3.63, 3.8) is 0 Å². The molecule has 0 amide bonds. The zero-order chi connectivity index (χ0) is 12.4. The summed E-state index contributed by atoms with van der Waals surface area (Å²) in [5, 5.41) is 0. The summed E-state index contributed by atoms with van der Waals surface area (Å²) in [6.45, 7) is 6.59. The number of benzene rings is 1. The van der Waals surface area contributed by atoms with E-state index in [1.807, 2.05) is 0 Å². The molecule has 0 aliphatic carbocycles. The highest BCUT2D eigenvalue weighted by Gasteiger charge is 2.22. The summed E-state index contributed by atoms with van der Waals surface area (Å²) in [5.74, 6) is 0. The normalized spacial score (nSPS) is 26.1. The van der Waals surface area contributed by atoms with E-state index in [0.717, 1.165) is 25.9 Å². The topological polar surface area (TPSA) is 29.3 Å². The summed E-state index contributed by atoms with van der Waals surface area (Å²) >= 11 is 3.54. The van der Waals surface area contributed by atoms with Crippen LogP contribution in [-0.2, 0) is 6.54 Å². The number of nitrogens with two attached hydrogens (primary N) is 1. The van der Waals surface area contributed by atoms with Gasteiger partial charge in [-0.2, -0.15) is 0 Å². The third kappa shape index (κ3) is 3.30. The Bertz CT molecular complexity index is 392. The molecule has 0 bridgehead atoms. The Labute approximate surface area is 112 Å². The highest BCUT2D eigenvalue weighted by atomic mass is 79.9. The average molecular weight is 297 g/mol. The summed E-state index contributed by atoms with van der Waals surface area (Å²) in [7, 11) is 0. The van der Waals surface area contributed by atoms with Crippen molar-refractivity contribution in [2.75, 3.05) is 6.54 Å². The van der Waals surface area contributed by atoms with Crippen LogP contribution in [0, 0.1) is 6.92 Å². The van der Waals surface area contributed by atoms with Gasteiger partial charge in [0.1, 0.15) is 0 Å². The van der Waals surface area contributed by atoms with Gasteiger partial charge in [0, 0.05) is 29.6 Å². The molecule has 1 aromatic rings. The highest BCUT2D eigenvalue weighted by molar-refractivity contribution is 9.10. The number of aryl methyl sites for hydroxylation is 1. The van der Waals surface area contributed by atoms with Crippen LogP contribution in [0.15, 0.2) is 22.7 Å². The Kier molecular flexibility index (Phi) is 4.23. The van der Waals surface area contributed by atoms with Crippen LogP contribution in [0.2, 0.25) is 0 Å². The zero-order valence-corrected chi connectivity index (χ0v) is 12.2. The van der Waals surface area contributed by atoms with Crippen molar-refractivity contribution in [1.29, 1.82) is 0 Å². The molecular weight excluding hydrogens is 276 g/mol. The van der Waals surface area contributed by atoms with Gasteiger partial charge in [-0.05, 0) is 43.9 Å². The number of halogens is 1. The molecule has 0 saturated carbocycles. The number of piperidine rings is 1. The number of nitrogens with zero attached hydrogens (tertiary/aromatic N) is 1. The molecule has 1 heterocycles. The number of likely N-dealkylation sites (tertiary alicyclic amines) is 1. The predicted octanol–water partition coefficient (Wildman–Crippen LogP) is 3.07. The van der Waals surface area contributed by atoms with E-state index >= 15 is 0 Å². The molecule has 2 atom stereocenters. The standard InChI is InChI=1S/C14H21BrN2/c1-10-7-12(3-4-14(10)15)9-17-6-5-13(16)8-11(17)2/h3-4,7,11,13H,5-6,8-9,16H2,1-2H3. The molecule has 1 saturated heterocycles. The first-order valence-electron chi connectivity index (χ1n) is 6.31. The van der Waals surface area contributed by atoms with Gasteiger partial charge in [0.25, 0.3) is 0 Å². The maximum absolute atomic E-state index is 5.99. The largest absolute Gasteiger partial charge is 0.328 e. The van der Waals surface area contributed by atoms with Gasteiger partial charge >= 0.3 is 0 Å². The first-order chi connectivity index (χ1) is 8.06. The molecule has 2 rings (SSSR count). The maximum atomic E-state index is 5.99. The van der Waals surface area contributed by atoms with Crippen LogP contribution in [0.4, 0.5) is 0 Å². The van der Waals surface area contributed by atoms with Crippen molar-refractivity contribution in [2.24, 2.45) is 5.73 Å². The Hall–Kier alpha value is -0.380. The molecule has 0 spiro atoms. The van der Waals surface area contributed by atoms with Gasteiger partial charge < -0.3 is 5.73 Å². The minimum absolute atomic E-state index is 0.396. The lowest BCUT2D eigenvalue weighted by atomic mass is 9.98. The van der Waals surface area contributed by atoms with Crippen LogP contribution in [0.1, 0.15) is 30.9 Å². The Morgan fingerprint density at radius 1 is 1.47 bits per heavy atom. The van der Waals surface area contributed by atoms with E-state index in [2.05, 4.69) is 52.9 Å². The lowest BCUT2D eigenvalue weighted by Gasteiger charge is -2.36. The fraction of sp³-hybridized carbons (Fsp3) is 0.571. The van der Waals surface area contributed by atoms with Gasteiger partial charge in [0.05, 0.1) is 0 Å². The van der Waals surface area contributed by atoms with Crippen LogP contribution in [0.3, 0.4) is 0 Å². The van der Waals surface area contributed by atoms with E-state index in [1.54, 1.807) is 0 Å². The van der Waals surface area contributed by atoms with Crippen LogP contribution in [0.5, 0.6) is 0 Å². The first kappa shape index (κ1) is 13.1. The molecule has 1 aliphatic heterocycles. The van der Waals surface area contributed by atoms with Gasteiger partial charge in [-0.3, -0.25) is 4.90 Å². The highest BCUT2D eigenvalue weighted by Crippen LogP contribution is 2.21. The zero-order valence-electron chi connectivity index (χ0n) is 10.6. The third-order valence-electron chi connectivity index (χ3n) is 3.66. The van der Waals surface area contributed by atoms with Crippen molar-refractivity contribution >= 4 is 15.9 Å². The van der Waals surface area contributed by atoms with Crippen molar-refractivity contribution in [2.45, 2.75) is 45.3 Å². The molecule has 0 aromatic heterocycles. The number of hydrogen-bond donors (Lipinski definition) is 1. The van der Waals surface area contributed by atoms with Gasteiger partial charge in [0.2, 0.25) is 0 Å². The molecular formula is C14H21BrN2. The first-order valence-corrected chi connectivity index (χ1v) is 7.10. The lowest BCUT2D eigenvalue weighted by Crippen LogP contribution is -2.44. The summed E-state index contributed by atoms with van der Waals surface area (Å²) in [4.78, 5) is 2.53. The molecule has 2 nitrogen and oxygen atoms in total. The van der Waals surface area contributed by atoms with Crippen molar-refractivity contribution in [3.8, 4) is 0 Å². The number of hydrogen-bond acceptors (Lipinski definition) is 2. The molecule has 1 fully saturated rings. The smallest absolute Gasteiger partial charge is 0.0236 e. The predicted molar refractivity (Wildman–Crippen MR) is 76.0 cm³/mol. The molecule has 2 N–H and O–H groups in total. The van der Waals surface area contributed by atoms with Gasteiger partial charge in [-0.15, -0.1) is 0 Å². The molecule has 3 heteroatoms. The quantitative estimate of drug-likeness (QED) is 0.909. The van der Waals surface area contributed by atoms with Crippen LogP contribution >= 0.6 is 15.9 Å². The Morgan fingerprint density at radius 3 is 2.88 bits per heavy atom. The molecule has 1 aromatic carbocycles. The molecule has 17 heavy (non-hydrogen) atoms. The maximum Gasteiger partial charge on any atom is 0.0236 e. The fourth-order valence-corrected chi connectivity index (χ4v) is 2.78. The van der Waals surface area contributed by atoms with Crippen molar-refractivity contribution in [3.05, 3.63) is 33.8 Å². The summed E-state index contributed by atoms with van der Waals surface area (Å²) < 4.78 is 1.19. The number of rotatable bonds is 2. The van der Waals surface area contributed by atoms with Crippen molar-refractivity contribution in [1.82, 2.24) is 4.90 Å². The fourth-order valence-electron chi connectivity index (χ4n) is 2.53. The minimum atomic E-state index is 0.396. The SMILES string of the molecule is Cc1cc(CN2CCC(N)CC2C)ccc1Br. The van der Waals surface area contributed by atoms with Crippen LogP contribution in [-0.4, -0.2) is 23.5 Å². The molecule has 2 unspecified atom stereocenters. The second-order valence-corrected chi connectivity index (χ2v) is 6.04. The Morgan fingerprint density at radius 2 is 2.24 bits per heavy atom. The third-order valence-corrected chi connectivity index (χ3v) is 4.55. The van der Waals surface area contributed by atoms with Crippen LogP contribution in [0.25, 0.3) is 0 Å². The van der Waals surface area contributed by atoms with Gasteiger partial charge in [-0.1, -0.05) is 28.1 Å². The van der Waals surface area contributed by atoms with Gasteiger partial charge in [-0.25, -0.2) is 0 Å². The monoisotopic (exact) mass is 296 g/mol. The second kappa shape index (κ2) is 5.51. The second-order valence-electron chi connectivity index (χ2n) is 5.19. The van der Waals surface area contributed by atoms with E-state index < -0.39 is 0 Å². The minimum Gasteiger partial charge on any atom is -0.328 e. The van der Waals surface area contributed by atoms with E-state index in [0.29, 0.717) is 12.1 Å². The summed E-state index contributed by atoms with van der Waals surface area (Å²) in [6.07, 6.45) is 2.25. The van der Waals surface area contributed by atoms with Gasteiger partial charge in [0.15, 0.2) is 0 Å². The molecule has 94 valence electrons. The van der Waals surface area contributed by atoms with Crippen LogP contribution < -0.4 is 5.73 Å². The molecule has 1 aliphatic rings. The Balaban J connectivity index is 2.02. The molecule has 0 radical (unpaired) electrons. The van der Waals surface area contributed by atoms with Crippen molar-refractivity contribution < 1.29 is 0 Å². The summed E-state index contributed by atoms with van der Waals surface area (Å²) in [6, 6.07) is 7.62. The lowest BCUT2D eigenvalue weighted by molar-refractivity contribution is 0.140. The van der Waals surface area contributed by atoms with E-state index in [-0.39, 0.29) is 0 Å².